The topological polar surface area (TPSA) is 69.4 Å². The van der Waals surface area contributed by atoms with Gasteiger partial charge in [-0.25, -0.2) is 9.97 Å². The minimum absolute atomic E-state index is 0.424. The average molecular weight is 259 g/mol. The van der Waals surface area contributed by atoms with Gasteiger partial charge < -0.3 is 0 Å². The van der Waals surface area contributed by atoms with Crippen LogP contribution in [0.4, 0.5) is 0 Å². The lowest BCUT2D eigenvalue weighted by molar-refractivity contribution is 0.751. The second-order valence-electron chi connectivity index (χ2n) is 3.47. The van der Waals surface area contributed by atoms with Gasteiger partial charge in [0, 0.05) is 23.0 Å². The zero-order valence-electron chi connectivity index (χ0n) is 9.10. The van der Waals surface area contributed by atoms with Gasteiger partial charge >= 0.3 is 0 Å². The van der Waals surface area contributed by atoms with Crippen LogP contribution in [0.5, 0.6) is 0 Å². The van der Waals surface area contributed by atoms with Crippen molar-refractivity contribution >= 4 is 11.6 Å². The summed E-state index contributed by atoms with van der Waals surface area (Å²) in [5.74, 6) is 0.991. The van der Waals surface area contributed by atoms with Crippen molar-refractivity contribution in [2.75, 3.05) is 0 Å². The third kappa shape index (κ3) is 1.93. The van der Waals surface area contributed by atoms with Crippen molar-refractivity contribution in [3.63, 3.8) is 0 Å². The fourth-order valence-electron chi connectivity index (χ4n) is 1.50. The van der Waals surface area contributed by atoms with E-state index in [-0.39, 0.29) is 0 Å². The number of aromatic nitrogens is 6. The summed E-state index contributed by atoms with van der Waals surface area (Å²) in [6.45, 7) is 0. The molecule has 1 aromatic carbocycles. The van der Waals surface area contributed by atoms with E-state index in [2.05, 4.69) is 25.5 Å². The average Bonchev–Trinajstić information content (AvgIpc) is 2.90. The van der Waals surface area contributed by atoms with E-state index in [4.69, 9.17) is 11.6 Å². The van der Waals surface area contributed by atoms with Crippen molar-refractivity contribution in [1.82, 2.24) is 30.2 Å². The number of hydrogen-bond donors (Lipinski definition) is 0. The quantitative estimate of drug-likeness (QED) is 0.701. The minimum Gasteiger partial charge on any atom is -0.220 e. The molecule has 3 rings (SSSR count). The molecule has 0 aliphatic heterocycles. The Kier molecular flexibility index (Phi) is 2.70. The Morgan fingerprint density at radius 1 is 1.00 bits per heavy atom. The van der Waals surface area contributed by atoms with E-state index in [0.29, 0.717) is 16.8 Å². The number of benzene rings is 1. The molecule has 3 aromatic rings. The summed E-state index contributed by atoms with van der Waals surface area (Å²) < 4.78 is 1.48. The Hall–Kier alpha value is -2.34. The van der Waals surface area contributed by atoms with Gasteiger partial charge in [-0.15, -0.1) is 5.10 Å². The van der Waals surface area contributed by atoms with Crippen LogP contribution in [0.15, 0.2) is 42.7 Å². The Morgan fingerprint density at radius 3 is 2.44 bits per heavy atom. The summed E-state index contributed by atoms with van der Waals surface area (Å²) in [5, 5.41) is 12.2. The van der Waals surface area contributed by atoms with Crippen LogP contribution < -0.4 is 0 Å². The highest BCUT2D eigenvalue weighted by Crippen LogP contribution is 2.19. The summed E-state index contributed by atoms with van der Waals surface area (Å²) >= 11 is 5.85. The van der Waals surface area contributed by atoms with Crippen LogP contribution in [0.1, 0.15) is 0 Å². The van der Waals surface area contributed by atoms with Crippen molar-refractivity contribution in [3.05, 3.63) is 47.7 Å². The van der Waals surface area contributed by atoms with Gasteiger partial charge in [-0.2, -0.15) is 4.68 Å². The molecule has 88 valence electrons. The minimum atomic E-state index is 0.424. The zero-order chi connectivity index (χ0) is 12.4. The third-order valence-electron chi connectivity index (χ3n) is 2.31. The summed E-state index contributed by atoms with van der Waals surface area (Å²) in [6, 6.07) is 8.97. The van der Waals surface area contributed by atoms with E-state index >= 15 is 0 Å². The van der Waals surface area contributed by atoms with Gasteiger partial charge in [0.1, 0.15) is 0 Å². The Morgan fingerprint density at radius 2 is 1.72 bits per heavy atom. The van der Waals surface area contributed by atoms with Crippen LogP contribution >= 0.6 is 11.6 Å². The second kappa shape index (κ2) is 4.50. The second-order valence-corrected chi connectivity index (χ2v) is 3.91. The maximum atomic E-state index is 5.85. The number of nitrogens with zero attached hydrogens (tertiary/aromatic N) is 6. The zero-order valence-corrected chi connectivity index (χ0v) is 9.86. The lowest BCUT2D eigenvalue weighted by atomic mass is 10.2. The lowest BCUT2D eigenvalue weighted by Gasteiger charge is -2.02. The molecule has 0 radical (unpaired) electrons. The molecule has 0 unspecified atom stereocenters. The summed E-state index contributed by atoms with van der Waals surface area (Å²) in [6.07, 6.45) is 3.27. The predicted octanol–water partition coefficient (Wildman–Crippen LogP) is 1.77. The number of halogens is 1. The monoisotopic (exact) mass is 258 g/mol. The van der Waals surface area contributed by atoms with Crippen LogP contribution in [-0.2, 0) is 0 Å². The van der Waals surface area contributed by atoms with Crippen LogP contribution in [-0.4, -0.2) is 30.2 Å². The number of hydrogen-bond acceptors (Lipinski definition) is 5. The highest BCUT2D eigenvalue weighted by Gasteiger charge is 2.11. The Bertz CT molecular complexity index is 649. The normalized spacial score (nSPS) is 10.5. The van der Waals surface area contributed by atoms with Crippen molar-refractivity contribution in [2.24, 2.45) is 0 Å². The van der Waals surface area contributed by atoms with E-state index in [1.807, 2.05) is 12.1 Å². The van der Waals surface area contributed by atoms with E-state index in [1.54, 1.807) is 30.6 Å². The fourth-order valence-corrected chi connectivity index (χ4v) is 1.63. The molecule has 0 saturated carbocycles. The maximum Gasteiger partial charge on any atom is 0.253 e. The molecule has 0 saturated heterocycles. The van der Waals surface area contributed by atoms with Crippen molar-refractivity contribution in [3.8, 4) is 17.3 Å². The van der Waals surface area contributed by atoms with Gasteiger partial charge in [-0.05, 0) is 40.8 Å². The van der Waals surface area contributed by atoms with Crippen molar-refractivity contribution in [1.29, 1.82) is 0 Å². The van der Waals surface area contributed by atoms with E-state index in [9.17, 15) is 0 Å². The summed E-state index contributed by atoms with van der Waals surface area (Å²) in [7, 11) is 0. The molecule has 0 N–H and O–H groups in total. The first-order valence-corrected chi connectivity index (χ1v) is 5.54. The van der Waals surface area contributed by atoms with E-state index in [0.717, 1.165) is 5.56 Å². The molecular weight excluding hydrogens is 252 g/mol. The first kappa shape index (κ1) is 10.8. The standard InChI is InChI=1S/C11H7ClN6/c12-9-4-2-8(3-5-9)10-15-16-17-18(10)11-13-6-1-7-14-11/h1-7H. The largest absolute Gasteiger partial charge is 0.253 e. The molecule has 0 bridgehead atoms. The van der Waals surface area contributed by atoms with Crippen LogP contribution in [0.2, 0.25) is 5.02 Å². The molecule has 0 fully saturated rings. The van der Waals surface area contributed by atoms with Gasteiger partial charge in [0.2, 0.25) is 0 Å². The van der Waals surface area contributed by atoms with Gasteiger partial charge in [0.15, 0.2) is 5.82 Å². The van der Waals surface area contributed by atoms with Gasteiger partial charge in [-0.3, -0.25) is 0 Å². The van der Waals surface area contributed by atoms with Gasteiger partial charge in [0.05, 0.1) is 0 Å². The van der Waals surface area contributed by atoms with Crippen LogP contribution in [0, 0.1) is 0 Å². The van der Waals surface area contributed by atoms with Crippen molar-refractivity contribution < 1.29 is 0 Å². The molecule has 7 heteroatoms. The lowest BCUT2D eigenvalue weighted by Crippen LogP contribution is -2.04. The highest BCUT2D eigenvalue weighted by molar-refractivity contribution is 6.30. The third-order valence-corrected chi connectivity index (χ3v) is 2.57. The smallest absolute Gasteiger partial charge is 0.220 e. The summed E-state index contributed by atoms with van der Waals surface area (Å²) in [4.78, 5) is 8.22. The van der Waals surface area contributed by atoms with Gasteiger partial charge in [0.25, 0.3) is 5.95 Å². The number of tetrazole rings is 1. The van der Waals surface area contributed by atoms with E-state index in [1.165, 1.54) is 4.68 Å². The molecule has 18 heavy (non-hydrogen) atoms. The first-order chi connectivity index (χ1) is 8.84. The van der Waals surface area contributed by atoms with Crippen LogP contribution in [0.25, 0.3) is 17.3 Å². The molecule has 6 nitrogen and oxygen atoms in total. The fraction of sp³-hybridized carbons (Fsp3) is 0. The Balaban J connectivity index is 2.10. The molecule has 0 aliphatic rings. The highest BCUT2D eigenvalue weighted by atomic mass is 35.5. The van der Waals surface area contributed by atoms with E-state index < -0.39 is 0 Å². The Labute approximate surface area is 107 Å². The van der Waals surface area contributed by atoms with Crippen LogP contribution in [0.3, 0.4) is 0 Å². The predicted molar refractivity (Wildman–Crippen MR) is 65.2 cm³/mol. The molecule has 2 heterocycles. The first-order valence-electron chi connectivity index (χ1n) is 5.16. The van der Waals surface area contributed by atoms with Gasteiger partial charge in [-0.1, -0.05) is 11.6 Å². The summed E-state index contributed by atoms with van der Waals surface area (Å²) in [5.41, 5.74) is 0.844. The SMILES string of the molecule is Clc1ccc(-c2nnnn2-c2ncccn2)cc1. The maximum absolute atomic E-state index is 5.85. The molecule has 0 aliphatic carbocycles. The number of rotatable bonds is 2. The molecule has 0 spiro atoms. The molecule has 0 atom stereocenters. The molecular formula is C11H7ClN6. The molecule has 0 amide bonds. The molecule has 2 aromatic heterocycles. The van der Waals surface area contributed by atoms with Crippen molar-refractivity contribution in [2.45, 2.75) is 0 Å².